The third kappa shape index (κ3) is 2.29. The second-order valence-electron chi connectivity index (χ2n) is 4.34. The summed E-state index contributed by atoms with van der Waals surface area (Å²) >= 11 is 3.02. The van der Waals surface area contributed by atoms with Crippen LogP contribution in [0.2, 0.25) is 0 Å². The largest absolute Gasteiger partial charge is 0.496 e. The van der Waals surface area contributed by atoms with Gasteiger partial charge in [0, 0.05) is 16.0 Å². The molecular weight excluding hydrogens is 300 g/mol. The van der Waals surface area contributed by atoms with E-state index in [0.717, 1.165) is 26.6 Å². The Balaban J connectivity index is 2.31. The number of nitriles is 1. The molecule has 1 aromatic carbocycles. The van der Waals surface area contributed by atoms with Crippen LogP contribution in [0.25, 0.3) is 20.9 Å². The van der Waals surface area contributed by atoms with Crippen molar-refractivity contribution in [3.63, 3.8) is 0 Å². The molecule has 2 aromatic heterocycles. The van der Waals surface area contributed by atoms with Crippen molar-refractivity contribution in [3.05, 3.63) is 46.7 Å². The van der Waals surface area contributed by atoms with Crippen molar-refractivity contribution in [1.29, 1.82) is 5.26 Å². The van der Waals surface area contributed by atoms with E-state index in [9.17, 15) is 5.26 Å². The molecule has 0 atom stereocenters. The molecule has 3 nitrogen and oxygen atoms in total. The Hall–Kier alpha value is -2.29. The smallest absolute Gasteiger partial charge is 0.129 e. The average molecular weight is 312 g/mol. The fourth-order valence-corrected chi connectivity index (χ4v) is 4.13. The fourth-order valence-electron chi connectivity index (χ4n) is 2.21. The van der Waals surface area contributed by atoms with Crippen molar-refractivity contribution in [1.82, 2.24) is 0 Å². The molecule has 0 amide bonds. The molecule has 0 radical (unpaired) electrons. The molecule has 0 saturated carbocycles. The van der Waals surface area contributed by atoms with Crippen molar-refractivity contribution in [2.45, 2.75) is 0 Å². The van der Waals surface area contributed by atoms with E-state index < -0.39 is 0 Å². The van der Waals surface area contributed by atoms with Crippen LogP contribution in [0.15, 0.2) is 41.8 Å². The van der Waals surface area contributed by atoms with Crippen LogP contribution < -0.4 is 10.5 Å². The maximum Gasteiger partial charge on any atom is 0.129 e. The lowest BCUT2D eigenvalue weighted by molar-refractivity contribution is 0.416. The van der Waals surface area contributed by atoms with Crippen molar-refractivity contribution in [2.24, 2.45) is 0 Å². The van der Waals surface area contributed by atoms with E-state index in [-0.39, 0.29) is 0 Å². The minimum Gasteiger partial charge on any atom is -0.496 e. The summed E-state index contributed by atoms with van der Waals surface area (Å²) in [6, 6.07) is 14.0. The van der Waals surface area contributed by atoms with E-state index in [1.165, 1.54) is 11.3 Å². The number of benzene rings is 1. The first-order valence-corrected chi connectivity index (χ1v) is 7.95. The van der Waals surface area contributed by atoms with Crippen LogP contribution in [0.3, 0.4) is 0 Å². The first-order chi connectivity index (χ1) is 10.3. The summed E-state index contributed by atoms with van der Waals surface area (Å²) < 4.78 is 5.44. The molecule has 0 spiro atoms. The highest BCUT2D eigenvalue weighted by Crippen LogP contribution is 2.48. The second kappa shape index (κ2) is 5.60. The number of hydrogen-bond donors (Lipinski definition) is 1. The van der Waals surface area contributed by atoms with Gasteiger partial charge in [-0.15, -0.1) is 22.7 Å². The van der Waals surface area contributed by atoms with Crippen LogP contribution >= 0.6 is 22.7 Å². The van der Waals surface area contributed by atoms with Gasteiger partial charge in [0.15, 0.2) is 0 Å². The van der Waals surface area contributed by atoms with Crippen LogP contribution in [-0.2, 0) is 0 Å². The topological polar surface area (TPSA) is 59.0 Å². The van der Waals surface area contributed by atoms with E-state index >= 15 is 0 Å². The number of thiophene rings is 2. The van der Waals surface area contributed by atoms with Gasteiger partial charge in [0.1, 0.15) is 16.7 Å². The molecule has 3 rings (SSSR count). The number of rotatable bonds is 3. The number of hydrogen-bond acceptors (Lipinski definition) is 5. The highest BCUT2D eigenvalue weighted by atomic mass is 32.1. The molecule has 0 aliphatic heterocycles. The molecule has 3 aromatic rings. The van der Waals surface area contributed by atoms with Gasteiger partial charge in [-0.1, -0.05) is 18.2 Å². The number of nitrogens with zero attached hydrogens (tertiary/aromatic N) is 1. The number of ether oxygens (including phenoxy) is 1. The van der Waals surface area contributed by atoms with Crippen LogP contribution in [0.4, 0.5) is 5.69 Å². The highest BCUT2D eigenvalue weighted by molar-refractivity contribution is 7.19. The van der Waals surface area contributed by atoms with Gasteiger partial charge in [-0.05, 0) is 23.6 Å². The predicted octanol–water partition coefficient (Wildman–Crippen LogP) is 4.61. The van der Waals surface area contributed by atoms with E-state index in [1.807, 2.05) is 41.8 Å². The Morgan fingerprint density at radius 3 is 2.67 bits per heavy atom. The van der Waals surface area contributed by atoms with Crippen LogP contribution in [0, 0.1) is 11.3 Å². The normalized spacial score (nSPS) is 10.3. The Morgan fingerprint density at radius 2 is 2.00 bits per heavy atom. The molecule has 0 unspecified atom stereocenters. The zero-order valence-electron chi connectivity index (χ0n) is 11.3. The van der Waals surface area contributed by atoms with Crippen molar-refractivity contribution >= 4 is 28.4 Å². The lowest BCUT2D eigenvalue weighted by Crippen LogP contribution is -1.89. The predicted molar refractivity (Wildman–Crippen MR) is 88.7 cm³/mol. The standard InChI is InChI=1S/C16H12N2OS2/c1-19-11-6-3-2-5-10(11)16-14(12-7-4-8-20-12)15(18)13(9-17)21-16/h2-8H,18H2,1H3. The number of nitrogen functional groups attached to an aromatic ring is 1. The summed E-state index contributed by atoms with van der Waals surface area (Å²) in [6.45, 7) is 0. The number of anilines is 1. The number of methoxy groups -OCH3 is 1. The fraction of sp³-hybridized carbons (Fsp3) is 0.0625. The minimum atomic E-state index is 0.541. The van der Waals surface area contributed by atoms with Gasteiger partial charge in [-0.2, -0.15) is 5.26 Å². The molecule has 0 aliphatic carbocycles. The molecule has 0 saturated heterocycles. The third-order valence-electron chi connectivity index (χ3n) is 3.17. The van der Waals surface area contributed by atoms with Gasteiger partial charge >= 0.3 is 0 Å². The highest BCUT2D eigenvalue weighted by Gasteiger charge is 2.21. The molecule has 0 fully saturated rings. The quantitative estimate of drug-likeness (QED) is 0.768. The molecule has 0 aliphatic rings. The molecule has 5 heteroatoms. The van der Waals surface area contributed by atoms with Crippen molar-refractivity contribution < 1.29 is 4.74 Å². The summed E-state index contributed by atoms with van der Waals surface area (Å²) in [6.07, 6.45) is 0. The van der Waals surface area contributed by atoms with Crippen LogP contribution in [0.5, 0.6) is 5.75 Å². The SMILES string of the molecule is COc1ccccc1-c1sc(C#N)c(N)c1-c1cccs1. The Kier molecular flexibility index (Phi) is 3.65. The summed E-state index contributed by atoms with van der Waals surface area (Å²) in [7, 11) is 1.64. The van der Waals surface area contributed by atoms with Crippen molar-refractivity contribution in [3.8, 4) is 32.7 Å². The van der Waals surface area contributed by atoms with Gasteiger partial charge in [0.05, 0.1) is 17.7 Å². The summed E-state index contributed by atoms with van der Waals surface area (Å²) in [4.78, 5) is 2.58. The van der Waals surface area contributed by atoms with Gasteiger partial charge in [0.2, 0.25) is 0 Å². The monoisotopic (exact) mass is 312 g/mol. The maximum absolute atomic E-state index is 9.28. The van der Waals surface area contributed by atoms with Gasteiger partial charge in [-0.25, -0.2) is 0 Å². The lowest BCUT2D eigenvalue weighted by Gasteiger charge is -2.08. The molecule has 104 valence electrons. The minimum absolute atomic E-state index is 0.541. The van der Waals surface area contributed by atoms with Gasteiger partial charge < -0.3 is 10.5 Å². The Bertz CT molecular complexity index is 813. The maximum atomic E-state index is 9.28. The third-order valence-corrected chi connectivity index (χ3v) is 5.20. The molecule has 2 N–H and O–H groups in total. The lowest BCUT2D eigenvalue weighted by atomic mass is 10.1. The van der Waals surface area contributed by atoms with E-state index in [1.54, 1.807) is 18.4 Å². The van der Waals surface area contributed by atoms with E-state index in [2.05, 4.69) is 6.07 Å². The van der Waals surface area contributed by atoms with E-state index in [0.29, 0.717) is 10.6 Å². The first-order valence-electron chi connectivity index (χ1n) is 6.26. The molecule has 21 heavy (non-hydrogen) atoms. The zero-order chi connectivity index (χ0) is 14.8. The summed E-state index contributed by atoms with van der Waals surface area (Å²) in [5, 5.41) is 11.3. The summed E-state index contributed by atoms with van der Waals surface area (Å²) in [5.74, 6) is 0.779. The van der Waals surface area contributed by atoms with Gasteiger partial charge in [0.25, 0.3) is 0 Å². The zero-order valence-corrected chi connectivity index (χ0v) is 12.9. The Labute approximate surface area is 130 Å². The van der Waals surface area contributed by atoms with E-state index in [4.69, 9.17) is 10.5 Å². The first kappa shape index (κ1) is 13.7. The van der Waals surface area contributed by atoms with Crippen LogP contribution in [-0.4, -0.2) is 7.11 Å². The molecular formula is C16H12N2OS2. The van der Waals surface area contributed by atoms with Crippen LogP contribution in [0.1, 0.15) is 4.88 Å². The van der Waals surface area contributed by atoms with Crippen molar-refractivity contribution in [2.75, 3.05) is 12.8 Å². The second-order valence-corrected chi connectivity index (χ2v) is 6.31. The number of nitrogens with two attached hydrogens (primary N) is 1. The van der Waals surface area contributed by atoms with Gasteiger partial charge in [-0.3, -0.25) is 0 Å². The average Bonchev–Trinajstić information content (AvgIpc) is 3.14. The summed E-state index contributed by atoms with van der Waals surface area (Å²) in [5.41, 5.74) is 8.62. The molecule has 0 bridgehead atoms. The number of para-hydroxylation sites is 1. The molecule has 2 heterocycles. The Morgan fingerprint density at radius 1 is 1.19 bits per heavy atom.